The van der Waals surface area contributed by atoms with Gasteiger partial charge in [0, 0.05) is 16.5 Å². The van der Waals surface area contributed by atoms with E-state index in [0.717, 1.165) is 5.56 Å². The highest BCUT2D eigenvalue weighted by Gasteiger charge is 2.48. The number of amides is 1. The maximum absolute atomic E-state index is 12.6. The third-order valence-electron chi connectivity index (χ3n) is 4.71. The van der Waals surface area contributed by atoms with Crippen LogP contribution in [0.15, 0.2) is 24.3 Å². The number of carbonyl (C=O) groups is 1. The van der Waals surface area contributed by atoms with Crippen molar-refractivity contribution >= 4 is 17.5 Å². The fourth-order valence-corrected chi connectivity index (χ4v) is 3.04. The van der Waals surface area contributed by atoms with Crippen LogP contribution < -0.4 is 5.32 Å². The summed E-state index contributed by atoms with van der Waals surface area (Å²) in [5, 5.41) is 13.6. The molecule has 1 fully saturated rings. The van der Waals surface area contributed by atoms with Crippen LogP contribution in [0.25, 0.3) is 0 Å². The number of hydrogen-bond acceptors (Lipinski definition) is 2. The van der Waals surface area contributed by atoms with Gasteiger partial charge in [-0.05, 0) is 30.0 Å². The van der Waals surface area contributed by atoms with Crippen molar-refractivity contribution in [2.24, 2.45) is 11.3 Å². The van der Waals surface area contributed by atoms with Crippen LogP contribution in [0.2, 0.25) is 5.02 Å². The highest BCUT2D eigenvalue weighted by Crippen LogP contribution is 2.41. The number of benzene rings is 1. The van der Waals surface area contributed by atoms with Gasteiger partial charge in [0.2, 0.25) is 5.91 Å². The van der Waals surface area contributed by atoms with E-state index >= 15 is 0 Å². The summed E-state index contributed by atoms with van der Waals surface area (Å²) in [6, 6.07) is 7.49. The van der Waals surface area contributed by atoms with Crippen LogP contribution in [0.3, 0.4) is 0 Å². The molecule has 1 saturated carbocycles. The molecule has 1 aromatic carbocycles. The van der Waals surface area contributed by atoms with Gasteiger partial charge in [0.15, 0.2) is 0 Å². The second-order valence-corrected chi connectivity index (χ2v) is 7.34. The fraction of sp³-hybridized carbons (Fsp3) is 0.588. The summed E-state index contributed by atoms with van der Waals surface area (Å²) in [5.41, 5.74) is 0.724. The molecule has 2 rings (SSSR count). The Bertz CT molecular complexity index is 510. The zero-order valence-electron chi connectivity index (χ0n) is 13.1. The van der Waals surface area contributed by atoms with E-state index in [4.69, 9.17) is 11.6 Å². The normalized spacial score (nSPS) is 25.3. The maximum Gasteiger partial charge on any atom is 0.228 e. The van der Waals surface area contributed by atoms with Gasteiger partial charge in [-0.15, -0.1) is 0 Å². The Morgan fingerprint density at radius 1 is 1.33 bits per heavy atom. The lowest BCUT2D eigenvalue weighted by atomic mass is 9.64. The minimum atomic E-state index is -0.337. The molecule has 0 aliphatic heterocycles. The summed E-state index contributed by atoms with van der Waals surface area (Å²) in [7, 11) is 0. The SMILES string of the molecule is CC(C)C(C(=O)NC1CC(O)C1(C)C)c1ccc(Cl)cc1. The van der Waals surface area contributed by atoms with Crippen molar-refractivity contribution in [2.45, 2.75) is 52.2 Å². The van der Waals surface area contributed by atoms with Gasteiger partial charge >= 0.3 is 0 Å². The van der Waals surface area contributed by atoms with Crippen LogP contribution in [0.5, 0.6) is 0 Å². The zero-order valence-corrected chi connectivity index (χ0v) is 13.8. The number of carbonyl (C=O) groups excluding carboxylic acids is 1. The molecule has 0 bridgehead atoms. The maximum atomic E-state index is 12.6. The average molecular weight is 310 g/mol. The largest absolute Gasteiger partial charge is 0.392 e. The molecule has 4 heteroatoms. The standard InChI is InChI=1S/C17H24ClNO2/c1-10(2)15(11-5-7-12(18)8-6-11)16(21)19-13-9-14(20)17(13,3)4/h5-8,10,13-15,20H,9H2,1-4H3,(H,19,21). The third kappa shape index (κ3) is 3.24. The quantitative estimate of drug-likeness (QED) is 0.896. The zero-order chi connectivity index (χ0) is 15.8. The second-order valence-electron chi connectivity index (χ2n) is 6.91. The second kappa shape index (κ2) is 5.98. The van der Waals surface area contributed by atoms with Crippen molar-refractivity contribution in [1.82, 2.24) is 5.32 Å². The monoisotopic (exact) mass is 309 g/mol. The first-order valence-electron chi connectivity index (χ1n) is 7.47. The molecule has 2 N–H and O–H groups in total. The van der Waals surface area contributed by atoms with Crippen molar-refractivity contribution in [2.75, 3.05) is 0 Å². The first kappa shape index (κ1) is 16.3. The average Bonchev–Trinajstić information content (AvgIpc) is 2.40. The minimum absolute atomic E-state index is 0.0253. The molecular weight excluding hydrogens is 286 g/mol. The van der Waals surface area contributed by atoms with Crippen LogP contribution in [-0.4, -0.2) is 23.2 Å². The molecule has 1 aromatic rings. The summed E-state index contributed by atoms with van der Waals surface area (Å²) in [6.45, 7) is 8.05. The van der Waals surface area contributed by atoms with Gasteiger partial charge in [0.25, 0.3) is 0 Å². The number of aliphatic hydroxyl groups excluding tert-OH is 1. The Morgan fingerprint density at radius 3 is 2.33 bits per heavy atom. The molecule has 1 aliphatic rings. The number of aliphatic hydroxyl groups is 1. The van der Waals surface area contributed by atoms with E-state index in [2.05, 4.69) is 5.32 Å². The summed E-state index contributed by atoms with van der Waals surface area (Å²) in [5.74, 6) is 0.0207. The molecule has 0 aromatic heterocycles. The Kier molecular flexibility index (Phi) is 4.64. The number of nitrogens with one attached hydrogen (secondary N) is 1. The highest BCUT2D eigenvalue weighted by atomic mass is 35.5. The Balaban J connectivity index is 2.12. The molecule has 3 unspecified atom stereocenters. The van der Waals surface area contributed by atoms with Gasteiger partial charge in [-0.1, -0.05) is 51.4 Å². The van der Waals surface area contributed by atoms with Gasteiger partial charge in [-0.2, -0.15) is 0 Å². The van der Waals surface area contributed by atoms with Crippen LogP contribution in [0.1, 0.15) is 45.6 Å². The highest BCUT2D eigenvalue weighted by molar-refractivity contribution is 6.30. The van der Waals surface area contributed by atoms with Crippen LogP contribution in [-0.2, 0) is 4.79 Å². The van der Waals surface area contributed by atoms with Crippen molar-refractivity contribution in [3.05, 3.63) is 34.9 Å². The molecule has 3 nitrogen and oxygen atoms in total. The number of halogens is 1. The van der Waals surface area contributed by atoms with Gasteiger partial charge in [-0.25, -0.2) is 0 Å². The lowest BCUT2D eigenvalue weighted by Gasteiger charge is -2.49. The molecule has 0 spiro atoms. The molecule has 0 saturated heterocycles. The Labute approximate surface area is 131 Å². The predicted molar refractivity (Wildman–Crippen MR) is 85.4 cm³/mol. The van der Waals surface area contributed by atoms with Gasteiger partial charge in [0.1, 0.15) is 0 Å². The van der Waals surface area contributed by atoms with E-state index in [-0.39, 0.29) is 35.3 Å². The molecule has 116 valence electrons. The lowest BCUT2D eigenvalue weighted by Crippen LogP contribution is -2.61. The van der Waals surface area contributed by atoms with Crippen molar-refractivity contribution in [1.29, 1.82) is 0 Å². The van der Waals surface area contributed by atoms with Gasteiger partial charge in [-0.3, -0.25) is 4.79 Å². The van der Waals surface area contributed by atoms with Crippen molar-refractivity contribution in [3.8, 4) is 0 Å². The summed E-state index contributed by atoms with van der Waals surface area (Å²) < 4.78 is 0. The Hall–Kier alpha value is -1.06. The van der Waals surface area contributed by atoms with Crippen LogP contribution in [0.4, 0.5) is 0 Å². The van der Waals surface area contributed by atoms with Gasteiger partial charge < -0.3 is 10.4 Å². The molecule has 0 radical (unpaired) electrons. The van der Waals surface area contributed by atoms with Crippen LogP contribution in [0, 0.1) is 11.3 Å². The van der Waals surface area contributed by atoms with E-state index < -0.39 is 0 Å². The van der Waals surface area contributed by atoms with Gasteiger partial charge in [0.05, 0.1) is 12.0 Å². The Morgan fingerprint density at radius 2 is 1.90 bits per heavy atom. The van der Waals surface area contributed by atoms with E-state index in [1.807, 2.05) is 52.0 Å². The lowest BCUT2D eigenvalue weighted by molar-refractivity contribution is -0.131. The topological polar surface area (TPSA) is 49.3 Å². The molecule has 0 heterocycles. The van der Waals surface area contributed by atoms with E-state index in [1.165, 1.54) is 0 Å². The summed E-state index contributed by atoms with van der Waals surface area (Å²) >= 11 is 5.92. The number of hydrogen-bond donors (Lipinski definition) is 2. The molecule has 1 aliphatic carbocycles. The summed E-state index contributed by atoms with van der Waals surface area (Å²) in [4.78, 5) is 12.6. The van der Waals surface area contributed by atoms with E-state index in [1.54, 1.807) is 0 Å². The van der Waals surface area contributed by atoms with E-state index in [9.17, 15) is 9.90 Å². The van der Waals surface area contributed by atoms with Crippen molar-refractivity contribution in [3.63, 3.8) is 0 Å². The van der Waals surface area contributed by atoms with Crippen molar-refractivity contribution < 1.29 is 9.90 Å². The molecule has 1 amide bonds. The smallest absolute Gasteiger partial charge is 0.228 e. The summed E-state index contributed by atoms with van der Waals surface area (Å²) in [6.07, 6.45) is 0.292. The first-order chi connectivity index (χ1) is 9.73. The molecule has 21 heavy (non-hydrogen) atoms. The molecular formula is C17H24ClNO2. The van der Waals surface area contributed by atoms with E-state index in [0.29, 0.717) is 11.4 Å². The number of rotatable bonds is 4. The third-order valence-corrected chi connectivity index (χ3v) is 4.96. The minimum Gasteiger partial charge on any atom is -0.392 e. The first-order valence-corrected chi connectivity index (χ1v) is 7.85. The van der Waals surface area contributed by atoms with Crippen LogP contribution >= 0.6 is 11.6 Å². The molecule has 3 atom stereocenters. The fourth-order valence-electron chi connectivity index (χ4n) is 2.92. The predicted octanol–water partition coefficient (Wildman–Crippen LogP) is 3.36.